The van der Waals surface area contributed by atoms with Gasteiger partial charge in [-0.05, 0) is 51.0 Å². The highest BCUT2D eigenvalue weighted by Gasteiger charge is 2.10. The maximum absolute atomic E-state index is 12.1. The number of para-hydroxylation sites is 1. The molecule has 27 heavy (non-hydrogen) atoms. The summed E-state index contributed by atoms with van der Waals surface area (Å²) >= 11 is 0. The Balaban J connectivity index is 1.47. The van der Waals surface area contributed by atoms with Gasteiger partial charge in [0.05, 0.1) is 10.9 Å². The van der Waals surface area contributed by atoms with Gasteiger partial charge in [0.1, 0.15) is 0 Å². The lowest BCUT2D eigenvalue weighted by molar-refractivity contribution is -0.121. The van der Waals surface area contributed by atoms with Crippen LogP contribution in [0, 0.1) is 0 Å². The summed E-state index contributed by atoms with van der Waals surface area (Å²) in [4.78, 5) is 40.9. The van der Waals surface area contributed by atoms with Crippen molar-refractivity contribution >= 4 is 16.8 Å². The smallest absolute Gasteiger partial charge is 0.328 e. The van der Waals surface area contributed by atoms with Gasteiger partial charge in [-0.1, -0.05) is 25.0 Å². The lowest BCUT2D eigenvalue weighted by Gasteiger charge is -2.19. The Morgan fingerprint density at radius 1 is 1.04 bits per heavy atom. The van der Waals surface area contributed by atoms with Crippen molar-refractivity contribution in [2.45, 2.75) is 45.1 Å². The van der Waals surface area contributed by atoms with Crippen molar-refractivity contribution in [2.75, 3.05) is 26.2 Å². The highest BCUT2D eigenvalue weighted by atomic mass is 16.2. The molecule has 7 heteroatoms. The number of aromatic amines is 1. The van der Waals surface area contributed by atoms with Crippen LogP contribution < -0.4 is 16.6 Å². The summed E-state index contributed by atoms with van der Waals surface area (Å²) in [6.45, 7) is 4.24. The minimum atomic E-state index is -0.479. The van der Waals surface area contributed by atoms with E-state index in [-0.39, 0.29) is 18.9 Å². The third-order valence-electron chi connectivity index (χ3n) is 5.14. The van der Waals surface area contributed by atoms with Crippen molar-refractivity contribution in [3.63, 3.8) is 0 Å². The van der Waals surface area contributed by atoms with E-state index >= 15 is 0 Å². The van der Waals surface area contributed by atoms with Crippen molar-refractivity contribution in [3.8, 4) is 0 Å². The number of hydrogen-bond donors (Lipinski definition) is 2. The monoisotopic (exact) mass is 372 g/mol. The number of benzene rings is 1. The van der Waals surface area contributed by atoms with Gasteiger partial charge in [-0.15, -0.1) is 0 Å². The first-order chi connectivity index (χ1) is 13.1. The van der Waals surface area contributed by atoms with E-state index < -0.39 is 11.2 Å². The van der Waals surface area contributed by atoms with Crippen molar-refractivity contribution in [1.29, 1.82) is 0 Å². The summed E-state index contributed by atoms with van der Waals surface area (Å²) in [5, 5.41) is 3.39. The predicted molar refractivity (Wildman–Crippen MR) is 106 cm³/mol. The molecule has 146 valence electrons. The Morgan fingerprint density at radius 2 is 1.78 bits per heavy atom. The molecule has 2 aromatic rings. The van der Waals surface area contributed by atoms with E-state index in [0.717, 1.165) is 26.1 Å². The van der Waals surface area contributed by atoms with E-state index in [9.17, 15) is 14.4 Å². The summed E-state index contributed by atoms with van der Waals surface area (Å²) in [6, 6.07) is 6.93. The standard InChI is InChI=1S/C20H28N4O3/c25-18(21-11-7-14-23-12-5-1-2-6-13-23)10-15-24-17-9-4-3-8-16(17)19(26)22-20(24)27/h3-4,8-9H,1-2,5-7,10-15H2,(H,21,25)(H,22,26,27). The molecule has 1 aromatic carbocycles. The number of fused-ring (bicyclic) bond motifs is 1. The minimum Gasteiger partial charge on any atom is -0.356 e. The zero-order valence-electron chi connectivity index (χ0n) is 15.7. The fourth-order valence-electron chi connectivity index (χ4n) is 3.66. The Hall–Kier alpha value is -2.41. The molecule has 0 saturated carbocycles. The summed E-state index contributed by atoms with van der Waals surface area (Å²) in [6.07, 6.45) is 6.34. The Labute approximate surface area is 158 Å². The Morgan fingerprint density at radius 3 is 2.56 bits per heavy atom. The molecule has 0 aliphatic carbocycles. The van der Waals surface area contributed by atoms with Crippen molar-refractivity contribution in [1.82, 2.24) is 19.8 Å². The van der Waals surface area contributed by atoms with Crippen LogP contribution in [0.2, 0.25) is 0 Å². The van der Waals surface area contributed by atoms with E-state index in [1.807, 2.05) is 0 Å². The molecule has 1 aliphatic rings. The molecule has 3 rings (SSSR count). The zero-order chi connectivity index (χ0) is 19.1. The maximum Gasteiger partial charge on any atom is 0.328 e. The number of H-pyrrole nitrogens is 1. The fraction of sp³-hybridized carbons (Fsp3) is 0.550. The van der Waals surface area contributed by atoms with Crippen molar-refractivity contribution < 1.29 is 4.79 Å². The van der Waals surface area contributed by atoms with Crippen LogP contribution in [0.3, 0.4) is 0 Å². The van der Waals surface area contributed by atoms with Gasteiger partial charge in [0.25, 0.3) is 5.56 Å². The predicted octanol–water partition coefficient (Wildman–Crippen LogP) is 1.46. The number of aryl methyl sites for hydroxylation is 1. The van der Waals surface area contributed by atoms with E-state index in [4.69, 9.17) is 0 Å². The first-order valence-corrected chi connectivity index (χ1v) is 9.86. The van der Waals surface area contributed by atoms with Gasteiger partial charge in [-0.3, -0.25) is 19.1 Å². The molecule has 0 spiro atoms. The van der Waals surface area contributed by atoms with Crippen LogP contribution in [0.4, 0.5) is 0 Å². The fourth-order valence-corrected chi connectivity index (χ4v) is 3.66. The number of carbonyl (C=O) groups is 1. The number of likely N-dealkylation sites (tertiary alicyclic amines) is 1. The molecule has 0 atom stereocenters. The molecule has 0 bridgehead atoms. The van der Waals surface area contributed by atoms with Crippen molar-refractivity contribution in [2.24, 2.45) is 0 Å². The van der Waals surface area contributed by atoms with E-state index in [0.29, 0.717) is 17.4 Å². The Bertz CT molecular complexity index is 879. The molecule has 7 nitrogen and oxygen atoms in total. The average Bonchev–Trinajstić information content (AvgIpc) is 2.94. The molecule has 1 aliphatic heterocycles. The lowest BCUT2D eigenvalue weighted by Crippen LogP contribution is -2.33. The van der Waals surface area contributed by atoms with Crippen LogP contribution in [-0.2, 0) is 11.3 Å². The number of hydrogen-bond acceptors (Lipinski definition) is 4. The zero-order valence-corrected chi connectivity index (χ0v) is 15.7. The number of carbonyl (C=O) groups excluding carboxylic acids is 1. The van der Waals surface area contributed by atoms with Crippen LogP contribution in [0.5, 0.6) is 0 Å². The third-order valence-corrected chi connectivity index (χ3v) is 5.14. The molecule has 2 N–H and O–H groups in total. The number of nitrogens with one attached hydrogen (secondary N) is 2. The molecule has 1 saturated heterocycles. The maximum atomic E-state index is 12.1. The molecular weight excluding hydrogens is 344 g/mol. The van der Waals surface area contributed by atoms with Crippen molar-refractivity contribution in [3.05, 3.63) is 45.1 Å². The van der Waals surface area contributed by atoms with Crippen LogP contribution in [0.25, 0.3) is 10.9 Å². The van der Waals surface area contributed by atoms with Gasteiger partial charge in [0, 0.05) is 19.5 Å². The second kappa shape index (κ2) is 9.50. The number of rotatable bonds is 7. The van der Waals surface area contributed by atoms with Crippen LogP contribution in [0.15, 0.2) is 33.9 Å². The van der Waals surface area contributed by atoms with Gasteiger partial charge >= 0.3 is 5.69 Å². The van der Waals surface area contributed by atoms with E-state index in [1.54, 1.807) is 24.3 Å². The lowest BCUT2D eigenvalue weighted by atomic mass is 10.2. The number of aromatic nitrogens is 2. The first-order valence-electron chi connectivity index (χ1n) is 9.86. The molecular formula is C20H28N4O3. The Kier molecular flexibility index (Phi) is 6.81. The van der Waals surface area contributed by atoms with Crippen LogP contribution in [0.1, 0.15) is 38.5 Å². The topological polar surface area (TPSA) is 87.2 Å². The van der Waals surface area contributed by atoms with Gasteiger partial charge in [-0.25, -0.2) is 4.79 Å². The minimum absolute atomic E-state index is 0.0759. The molecule has 1 aromatic heterocycles. The molecule has 0 radical (unpaired) electrons. The van der Waals surface area contributed by atoms with Gasteiger partial charge in [0.2, 0.25) is 5.91 Å². The van der Waals surface area contributed by atoms with Crippen LogP contribution in [-0.4, -0.2) is 46.5 Å². The molecule has 0 unspecified atom stereocenters. The van der Waals surface area contributed by atoms with E-state index in [2.05, 4.69) is 15.2 Å². The average molecular weight is 372 g/mol. The van der Waals surface area contributed by atoms with Gasteiger partial charge in [0.15, 0.2) is 0 Å². The van der Waals surface area contributed by atoms with E-state index in [1.165, 1.54) is 30.3 Å². The van der Waals surface area contributed by atoms with Crippen LogP contribution >= 0.6 is 0 Å². The molecule has 1 fully saturated rings. The summed E-state index contributed by atoms with van der Waals surface area (Å²) < 4.78 is 1.45. The molecule has 1 amide bonds. The van der Waals surface area contributed by atoms with Gasteiger partial charge < -0.3 is 10.2 Å². The van der Waals surface area contributed by atoms with Gasteiger partial charge in [-0.2, -0.15) is 0 Å². The molecule has 2 heterocycles. The largest absolute Gasteiger partial charge is 0.356 e. The normalized spacial score (nSPS) is 15.6. The second-order valence-electron chi connectivity index (χ2n) is 7.14. The summed E-state index contributed by atoms with van der Waals surface area (Å²) in [7, 11) is 0. The third kappa shape index (κ3) is 5.29. The number of nitrogens with zero attached hydrogens (tertiary/aromatic N) is 2. The summed E-state index contributed by atoms with van der Waals surface area (Å²) in [5.74, 6) is -0.0759. The second-order valence-corrected chi connectivity index (χ2v) is 7.14. The highest BCUT2D eigenvalue weighted by Crippen LogP contribution is 2.09. The number of amides is 1. The SMILES string of the molecule is O=C(CCn1c(=O)[nH]c(=O)c2ccccc21)NCCCN1CCCCCC1. The first kappa shape index (κ1) is 19.4. The summed E-state index contributed by atoms with van der Waals surface area (Å²) in [5.41, 5.74) is -0.322. The highest BCUT2D eigenvalue weighted by molar-refractivity contribution is 5.78. The quantitative estimate of drug-likeness (QED) is 0.721.